The third-order valence-corrected chi connectivity index (χ3v) is 5.29. The van der Waals surface area contributed by atoms with Crippen LogP contribution >= 0.6 is 66.4 Å². The second-order valence-corrected chi connectivity index (χ2v) is 7.72. The molecule has 0 aliphatic rings. The summed E-state index contributed by atoms with van der Waals surface area (Å²) in [6.45, 7) is 0. The molecule has 1 aromatic heterocycles. The van der Waals surface area contributed by atoms with Crippen LogP contribution in [0.5, 0.6) is 0 Å². The minimum atomic E-state index is 0.00752. The minimum absolute atomic E-state index is 0.00752. The van der Waals surface area contributed by atoms with Gasteiger partial charge in [-0.15, -0.1) is 11.3 Å². The van der Waals surface area contributed by atoms with Gasteiger partial charge < -0.3 is 5.32 Å². The maximum absolute atomic E-state index is 6.23. The molecule has 18 heavy (non-hydrogen) atoms. The highest BCUT2D eigenvalue weighted by atomic mass is 79.9. The quantitative estimate of drug-likeness (QED) is 0.641. The van der Waals surface area contributed by atoms with E-state index in [0.29, 0.717) is 8.67 Å². The first-order valence-electron chi connectivity index (χ1n) is 5.10. The van der Waals surface area contributed by atoms with E-state index in [0.717, 1.165) is 20.1 Å². The van der Waals surface area contributed by atoms with Crippen molar-refractivity contribution < 1.29 is 0 Å². The molecule has 96 valence electrons. The zero-order valence-electron chi connectivity index (χ0n) is 9.31. The van der Waals surface area contributed by atoms with Crippen LogP contribution in [0.3, 0.4) is 0 Å². The van der Waals surface area contributed by atoms with Crippen LogP contribution in [0.25, 0.3) is 0 Å². The lowest BCUT2D eigenvalue weighted by Gasteiger charge is -2.18. The Balaban J connectivity index is 2.51. The van der Waals surface area contributed by atoms with Gasteiger partial charge >= 0.3 is 0 Å². The third-order valence-electron chi connectivity index (χ3n) is 2.55. The van der Waals surface area contributed by atoms with Crippen molar-refractivity contribution in [3.63, 3.8) is 0 Å². The van der Waals surface area contributed by atoms with Crippen molar-refractivity contribution in [3.8, 4) is 0 Å². The highest BCUT2D eigenvalue weighted by Gasteiger charge is 2.20. The third kappa shape index (κ3) is 3.11. The van der Waals surface area contributed by atoms with E-state index in [1.165, 1.54) is 11.3 Å². The summed E-state index contributed by atoms with van der Waals surface area (Å²) in [5.41, 5.74) is 2.11. The van der Waals surface area contributed by atoms with E-state index in [1.807, 2.05) is 25.2 Å². The van der Waals surface area contributed by atoms with Crippen LogP contribution in [0.1, 0.15) is 17.2 Å². The molecular formula is C12H9Br2Cl2NS. The number of halogens is 4. The fourth-order valence-electron chi connectivity index (χ4n) is 1.76. The van der Waals surface area contributed by atoms with Gasteiger partial charge in [-0.2, -0.15) is 0 Å². The Hall–Kier alpha value is 0.420. The van der Waals surface area contributed by atoms with E-state index in [4.69, 9.17) is 23.2 Å². The van der Waals surface area contributed by atoms with Crippen molar-refractivity contribution in [2.24, 2.45) is 0 Å². The summed E-state index contributed by atoms with van der Waals surface area (Å²) in [7, 11) is 1.90. The van der Waals surface area contributed by atoms with Gasteiger partial charge in [-0.25, -0.2) is 0 Å². The van der Waals surface area contributed by atoms with Crippen LogP contribution in [0.4, 0.5) is 0 Å². The number of hydrogen-bond donors (Lipinski definition) is 1. The van der Waals surface area contributed by atoms with Crippen molar-refractivity contribution in [1.82, 2.24) is 5.32 Å². The molecule has 0 radical (unpaired) electrons. The molecule has 1 atom stereocenters. The van der Waals surface area contributed by atoms with Gasteiger partial charge in [-0.3, -0.25) is 0 Å². The molecule has 0 spiro atoms. The van der Waals surface area contributed by atoms with Crippen molar-refractivity contribution in [2.75, 3.05) is 7.05 Å². The SMILES string of the molecule is CNC(c1cc(Br)ccc1Br)c1cc(Cl)sc1Cl. The van der Waals surface area contributed by atoms with Crippen molar-refractivity contribution in [1.29, 1.82) is 0 Å². The molecule has 0 saturated heterocycles. The van der Waals surface area contributed by atoms with Gasteiger partial charge in [0.1, 0.15) is 0 Å². The van der Waals surface area contributed by atoms with Crippen molar-refractivity contribution in [3.05, 3.63) is 53.0 Å². The topological polar surface area (TPSA) is 12.0 Å². The van der Waals surface area contributed by atoms with Gasteiger partial charge in [-0.05, 0) is 36.9 Å². The Labute approximate surface area is 137 Å². The molecule has 0 aliphatic carbocycles. The Bertz CT molecular complexity index is 571. The highest BCUT2D eigenvalue weighted by Crippen LogP contribution is 2.39. The Kier molecular flexibility index (Phi) is 5.14. The van der Waals surface area contributed by atoms with Gasteiger partial charge in [0.05, 0.1) is 14.7 Å². The first-order chi connectivity index (χ1) is 8.52. The number of thiophene rings is 1. The average molecular weight is 430 g/mol. The lowest BCUT2D eigenvalue weighted by Crippen LogP contribution is -2.17. The number of benzene rings is 1. The van der Waals surface area contributed by atoms with Crippen LogP contribution in [-0.4, -0.2) is 7.05 Å². The molecule has 1 unspecified atom stereocenters. The standard InChI is InChI=1S/C12H9Br2Cl2NS/c1-17-11(8-5-10(15)18-12(8)16)7-4-6(13)2-3-9(7)14/h2-5,11,17H,1H3. The number of hydrogen-bond acceptors (Lipinski definition) is 2. The first kappa shape index (κ1) is 14.8. The molecule has 0 amide bonds. The largest absolute Gasteiger partial charge is 0.309 e. The van der Waals surface area contributed by atoms with E-state index in [9.17, 15) is 0 Å². The van der Waals surface area contributed by atoms with E-state index in [-0.39, 0.29) is 6.04 Å². The number of nitrogens with one attached hydrogen (secondary N) is 1. The summed E-state index contributed by atoms with van der Waals surface area (Å²) in [6.07, 6.45) is 0. The Morgan fingerprint density at radius 1 is 1.17 bits per heavy atom. The molecule has 0 saturated carbocycles. The van der Waals surface area contributed by atoms with Crippen LogP contribution in [0.2, 0.25) is 8.67 Å². The maximum atomic E-state index is 6.23. The molecule has 1 aromatic carbocycles. The van der Waals surface area contributed by atoms with Gasteiger partial charge in [0.15, 0.2) is 0 Å². The molecule has 0 bridgehead atoms. The monoisotopic (exact) mass is 427 g/mol. The normalized spacial score (nSPS) is 12.7. The molecule has 1 nitrogen and oxygen atoms in total. The van der Waals surface area contributed by atoms with E-state index in [2.05, 4.69) is 43.2 Å². The molecule has 1 N–H and O–H groups in total. The van der Waals surface area contributed by atoms with Crippen LogP contribution in [0, 0.1) is 0 Å². The molecule has 6 heteroatoms. The smallest absolute Gasteiger partial charge is 0.0995 e. The predicted octanol–water partition coefficient (Wildman–Crippen LogP) is 5.89. The summed E-state index contributed by atoms with van der Waals surface area (Å²) < 4.78 is 3.47. The van der Waals surface area contributed by atoms with Crippen LogP contribution in [-0.2, 0) is 0 Å². The number of rotatable bonds is 3. The average Bonchev–Trinajstić information content (AvgIpc) is 2.64. The van der Waals surface area contributed by atoms with Crippen LogP contribution < -0.4 is 5.32 Å². The zero-order valence-corrected chi connectivity index (χ0v) is 14.8. The lowest BCUT2D eigenvalue weighted by atomic mass is 10.0. The first-order valence-corrected chi connectivity index (χ1v) is 8.25. The fourth-order valence-corrected chi connectivity index (χ4v) is 4.15. The second-order valence-electron chi connectivity index (χ2n) is 3.67. The van der Waals surface area contributed by atoms with E-state index < -0.39 is 0 Å². The van der Waals surface area contributed by atoms with Gasteiger partial charge in [0.25, 0.3) is 0 Å². The molecule has 0 fully saturated rings. The van der Waals surface area contributed by atoms with Gasteiger partial charge in [-0.1, -0.05) is 55.1 Å². The maximum Gasteiger partial charge on any atom is 0.0995 e. The summed E-state index contributed by atoms with van der Waals surface area (Å²) in [4.78, 5) is 0. The van der Waals surface area contributed by atoms with Crippen LogP contribution in [0.15, 0.2) is 33.2 Å². The van der Waals surface area contributed by atoms with Crippen molar-refractivity contribution >= 4 is 66.4 Å². The second kappa shape index (κ2) is 6.25. The van der Waals surface area contributed by atoms with Crippen molar-refractivity contribution in [2.45, 2.75) is 6.04 Å². The molecular weight excluding hydrogens is 421 g/mol. The zero-order chi connectivity index (χ0) is 13.3. The molecule has 2 aromatic rings. The highest BCUT2D eigenvalue weighted by molar-refractivity contribution is 9.11. The molecule has 1 heterocycles. The lowest BCUT2D eigenvalue weighted by molar-refractivity contribution is 0.691. The molecule has 0 aliphatic heterocycles. The van der Waals surface area contributed by atoms with Gasteiger partial charge in [0, 0.05) is 14.5 Å². The summed E-state index contributed by atoms with van der Waals surface area (Å²) in [6, 6.07) is 7.97. The minimum Gasteiger partial charge on any atom is -0.309 e. The van der Waals surface area contributed by atoms with E-state index >= 15 is 0 Å². The Morgan fingerprint density at radius 3 is 2.44 bits per heavy atom. The summed E-state index contributed by atoms with van der Waals surface area (Å²) in [5.74, 6) is 0. The molecule has 2 rings (SSSR count). The summed E-state index contributed by atoms with van der Waals surface area (Å²) in [5, 5.41) is 3.27. The van der Waals surface area contributed by atoms with Gasteiger partial charge in [0.2, 0.25) is 0 Å². The van der Waals surface area contributed by atoms with E-state index in [1.54, 1.807) is 0 Å². The summed E-state index contributed by atoms with van der Waals surface area (Å²) >= 11 is 20.7. The fraction of sp³-hybridized carbons (Fsp3) is 0.167. The predicted molar refractivity (Wildman–Crippen MR) is 87.1 cm³/mol. The Morgan fingerprint density at radius 2 is 1.89 bits per heavy atom.